The van der Waals surface area contributed by atoms with E-state index in [9.17, 15) is 4.39 Å². The topological polar surface area (TPSA) is 24.9 Å². The predicted octanol–water partition coefficient (Wildman–Crippen LogP) is 3.55. The van der Waals surface area contributed by atoms with Crippen molar-refractivity contribution in [1.82, 2.24) is 4.98 Å². The standard InChI is InChI=1S/C10H8ClFN2S/c11-8-2-1-3-9(12)10(8)14-5-7-4-13-6-15-7/h1-4,6,14H,5H2. The maximum Gasteiger partial charge on any atom is 0.147 e. The number of nitrogens with one attached hydrogen (secondary N) is 1. The molecule has 0 unspecified atom stereocenters. The minimum absolute atomic E-state index is 0.340. The molecule has 0 aliphatic heterocycles. The van der Waals surface area contributed by atoms with Crippen molar-refractivity contribution in [2.45, 2.75) is 6.54 Å². The lowest BCUT2D eigenvalue weighted by Gasteiger charge is -2.07. The van der Waals surface area contributed by atoms with Gasteiger partial charge in [-0.25, -0.2) is 4.39 Å². The van der Waals surface area contributed by atoms with Crippen LogP contribution in [0.1, 0.15) is 4.88 Å². The number of hydrogen-bond acceptors (Lipinski definition) is 3. The molecule has 2 rings (SSSR count). The van der Waals surface area contributed by atoms with Crippen molar-refractivity contribution >= 4 is 28.6 Å². The fraction of sp³-hybridized carbons (Fsp3) is 0.100. The average molecular weight is 243 g/mol. The van der Waals surface area contributed by atoms with Crippen molar-refractivity contribution in [1.29, 1.82) is 0 Å². The summed E-state index contributed by atoms with van der Waals surface area (Å²) in [6, 6.07) is 4.61. The molecular formula is C10H8ClFN2S. The Morgan fingerprint density at radius 2 is 2.33 bits per heavy atom. The third-order valence-corrected chi connectivity index (χ3v) is 2.98. The molecule has 1 heterocycles. The molecule has 0 radical (unpaired) electrons. The zero-order valence-corrected chi connectivity index (χ0v) is 9.28. The SMILES string of the molecule is Fc1cccc(Cl)c1NCc1cncs1. The number of halogens is 2. The van der Waals surface area contributed by atoms with Crippen molar-refractivity contribution in [3.05, 3.63) is 45.6 Å². The minimum atomic E-state index is -0.341. The van der Waals surface area contributed by atoms with E-state index in [0.29, 0.717) is 17.3 Å². The third kappa shape index (κ3) is 2.46. The van der Waals surface area contributed by atoms with Crippen LogP contribution in [-0.2, 0) is 6.54 Å². The highest BCUT2D eigenvalue weighted by molar-refractivity contribution is 7.09. The van der Waals surface area contributed by atoms with Gasteiger partial charge in [0.15, 0.2) is 0 Å². The first kappa shape index (κ1) is 10.4. The van der Waals surface area contributed by atoms with Crippen LogP contribution in [0, 0.1) is 5.82 Å². The monoisotopic (exact) mass is 242 g/mol. The Hall–Kier alpha value is -1.13. The van der Waals surface area contributed by atoms with E-state index in [-0.39, 0.29) is 5.82 Å². The molecule has 1 aromatic carbocycles. The highest BCUT2D eigenvalue weighted by atomic mass is 35.5. The van der Waals surface area contributed by atoms with E-state index >= 15 is 0 Å². The number of benzene rings is 1. The minimum Gasteiger partial charge on any atom is -0.377 e. The van der Waals surface area contributed by atoms with E-state index in [0.717, 1.165) is 4.88 Å². The fourth-order valence-corrected chi connectivity index (χ4v) is 1.94. The van der Waals surface area contributed by atoms with E-state index in [2.05, 4.69) is 10.3 Å². The van der Waals surface area contributed by atoms with Gasteiger partial charge >= 0.3 is 0 Å². The number of thiazole rings is 1. The van der Waals surface area contributed by atoms with Gasteiger partial charge < -0.3 is 5.32 Å². The molecule has 0 spiro atoms. The first-order valence-electron chi connectivity index (χ1n) is 4.32. The number of para-hydroxylation sites is 1. The normalized spacial score (nSPS) is 10.3. The van der Waals surface area contributed by atoms with E-state index in [1.165, 1.54) is 17.4 Å². The molecule has 1 aromatic heterocycles. The molecule has 0 bridgehead atoms. The Kier molecular flexibility index (Phi) is 3.18. The molecule has 0 amide bonds. The summed E-state index contributed by atoms with van der Waals surface area (Å²) in [5.41, 5.74) is 2.08. The first-order valence-corrected chi connectivity index (χ1v) is 5.58. The van der Waals surface area contributed by atoms with E-state index in [1.807, 2.05) is 0 Å². The van der Waals surface area contributed by atoms with Gasteiger partial charge in [0.25, 0.3) is 0 Å². The van der Waals surface area contributed by atoms with Crippen molar-refractivity contribution in [3.8, 4) is 0 Å². The largest absolute Gasteiger partial charge is 0.377 e. The third-order valence-electron chi connectivity index (χ3n) is 1.89. The zero-order chi connectivity index (χ0) is 10.7. The Balaban J connectivity index is 2.11. The molecule has 0 atom stereocenters. The van der Waals surface area contributed by atoms with Gasteiger partial charge in [-0.2, -0.15) is 0 Å². The zero-order valence-electron chi connectivity index (χ0n) is 7.71. The van der Waals surface area contributed by atoms with Crippen LogP contribution in [0.25, 0.3) is 0 Å². The van der Waals surface area contributed by atoms with Crippen molar-refractivity contribution in [3.63, 3.8) is 0 Å². The van der Waals surface area contributed by atoms with E-state index in [1.54, 1.807) is 23.8 Å². The molecule has 2 nitrogen and oxygen atoms in total. The smallest absolute Gasteiger partial charge is 0.147 e. The van der Waals surface area contributed by atoms with Gasteiger partial charge in [-0.05, 0) is 12.1 Å². The molecule has 5 heteroatoms. The Labute approximate surface area is 95.7 Å². The molecule has 0 aliphatic rings. The number of hydrogen-bond donors (Lipinski definition) is 1. The van der Waals surface area contributed by atoms with Crippen molar-refractivity contribution < 1.29 is 4.39 Å². The predicted molar refractivity (Wildman–Crippen MR) is 60.9 cm³/mol. The molecule has 0 fully saturated rings. The van der Waals surface area contributed by atoms with Crippen molar-refractivity contribution in [2.24, 2.45) is 0 Å². The highest BCUT2D eigenvalue weighted by Gasteiger charge is 2.06. The Bertz CT molecular complexity index is 424. The van der Waals surface area contributed by atoms with Crippen LogP contribution in [0.3, 0.4) is 0 Å². The summed E-state index contributed by atoms with van der Waals surface area (Å²) in [4.78, 5) is 4.97. The number of rotatable bonds is 3. The lowest BCUT2D eigenvalue weighted by Crippen LogP contribution is -2.00. The second-order valence-corrected chi connectivity index (χ2v) is 4.30. The number of nitrogens with zero attached hydrogens (tertiary/aromatic N) is 1. The van der Waals surface area contributed by atoms with Gasteiger partial charge in [0, 0.05) is 11.1 Å². The van der Waals surface area contributed by atoms with Crippen LogP contribution in [-0.4, -0.2) is 4.98 Å². The van der Waals surface area contributed by atoms with Crippen LogP contribution in [0.2, 0.25) is 5.02 Å². The molecule has 1 N–H and O–H groups in total. The van der Waals surface area contributed by atoms with Crippen molar-refractivity contribution in [2.75, 3.05) is 5.32 Å². The van der Waals surface area contributed by atoms with E-state index < -0.39 is 0 Å². The van der Waals surface area contributed by atoms with Gasteiger partial charge in [-0.1, -0.05) is 17.7 Å². The van der Waals surface area contributed by atoms with Crippen LogP contribution in [0.4, 0.5) is 10.1 Å². The quantitative estimate of drug-likeness (QED) is 0.891. The molecule has 15 heavy (non-hydrogen) atoms. The molecular weight excluding hydrogens is 235 g/mol. The maximum absolute atomic E-state index is 13.3. The summed E-state index contributed by atoms with van der Waals surface area (Å²) in [7, 11) is 0. The van der Waals surface area contributed by atoms with E-state index in [4.69, 9.17) is 11.6 Å². The summed E-state index contributed by atoms with van der Waals surface area (Å²) in [5, 5.41) is 3.34. The lowest BCUT2D eigenvalue weighted by atomic mass is 10.3. The summed E-state index contributed by atoms with van der Waals surface area (Å²) < 4.78 is 13.3. The highest BCUT2D eigenvalue weighted by Crippen LogP contribution is 2.25. The molecule has 78 valence electrons. The second kappa shape index (κ2) is 4.59. The number of anilines is 1. The Morgan fingerprint density at radius 3 is 3.00 bits per heavy atom. The van der Waals surface area contributed by atoms with Gasteiger partial charge in [0.05, 0.1) is 22.8 Å². The molecule has 0 aliphatic carbocycles. The molecule has 0 saturated heterocycles. The van der Waals surface area contributed by atoms with Gasteiger partial charge in [0.1, 0.15) is 5.82 Å². The first-order chi connectivity index (χ1) is 7.27. The van der Waals surface area contributed by atoms with Crippen LogP contribution in [0.15, 0.2) is 29.9 Å². The summed E-state index contributed by atoms with van der Waals surface area (Å²) in [6.45, 7) is 0.533. The van der Waals surface area contributed by atoms with Gasteiger partial charge in [-0.15, -0.1) is 11.3 Å². The molecule has 0 saturated carbocycles. The molecule has 2 aromatic rings. The summed E-state index contributed by atoms with van der Waals surface area (Å²) in [5.74, 6) is -0.341. The van der Waals surface area contributed by atoms with Crippen LogP contribution >= 0.6 is 22.9 Å². The van der Waals surface area contributed by atoms with Crippen LogP contribution < -0.4 is 5.32 Å². The Morgan fingerprint density at radius 1 is 1.47 bits per heavy atom. The fourth-order valence-electron chi connectivity index (χ4n) is 1.17. The number of aromatic nitrogens is 1. The van der Waals surface area contributed by atoms with Gasteiger partial charge in [-0.3, -0.25) is 4.98 Å². The maximum atomic E-state index is 13.3. The average Bonchev–Trinajstić information content (AvgIpc) is 2.70. The second-order valence-electron chi connectivity index (χ2n) is 2.92. The summed E-state index contributed by atoms with van der Waals surface area (Å²) >= 11 is 7.37. The van der Waals surface area contributed by atoms with Crippen LogP contribution in [0.5, 0.6) is 0 Å². The summed E-state index contributed by atoms with van der Waals surface area (Å²) in [6.07, 6.45) is 1.74. The van der Waals surface area contributed by atoms with Gasteiger partial charge in [0.2, 0.25) is 0 Å². The lowest BCUT2D eigenvalue weighted by molar-refractivity contribution is 0.630.